The van der Waals surface area contributed by atoms with E-state index in [2.05, 4.69) is 0 Å². The van der Waals surface area contributed by atoms with Gasteiger partial charge in [-0.2, -0.15) is 0 Å². The zero-order chi connectivity index (χ0) is 18.6. The molecule has 3 rings (SSSR count). The van der Waals surface area contributed by atoms with Crippen molar-refractivity contribution in [2.24, 2.45) is 28.7 Å². The molecular formula is C17H20N2O6. The Balaban J connectivity index is 2.15. The van der Waals surface area contributed by atoms with Gasteiger partial charge in [0.1, 0.15) is 11.3 Å². The molecule has 0 aliphatic heterocycles. The first kappa shape index (κ1) is 17.2. The number of hydrogen-bond acceptors (Lipinski definition) is 5. The standard InChI is InChI=1S/C17H20N2O6/c1-25-10-5-3-2-4-8(10)9-6-17(19,15(23)24)16(7-11(18)20)12(9)13(16)14(21)22/h2-5,9,12-13H,6-7,19H2,1H3,(H2,18,20)(H,21,22)(H,23,24). The number of aliphatic carboxylic acids is 2. The largest absolute Gasteiger partial charge is 0.496 e. The highest BCUT2D eigenvalue weighted by atomic mass is 16.5. The molecule has 2 aliphatic carbocycles. The quantitative estimate of drug-likeness (QED) is 0.571. The summed E-state index contributed by atoms with van der Waals surface area (Å²) in [5.41, 5.74) is 8.97. The highest BCUT2D eigenvalue weighted by Gasteiger charge is 2.84. The van der Waals surface area contributed by atoms with Gasteiger partial charge >= 0.3 is 11.9 Å². The molecule has 6 N–H and O–H groups in total. The van der Waals surface area contributed by atoms with E-state index in [4.69, 9.17) is 16.2 Å². The number of para-hydroxylation sites is 1. The number of ether oxygens (including phenoxy) is 1. The molecule has 0 radical (unpaired) electrons. The number of methoxy groups -OCH3 is 1. The number of carbonyl (C=O) groups is 3. The molecule has 0 aromatic heterocycles. The number of rotatable bonds is 6. The third-order valence-electron chi connectivity index (χ3n) is 5.86. The molecule has 0 heterocycles. The summed E-state index contributed by atoms with van der Waals surface area (Å²) in [6, 6.07) is 7.02. The fraction of sp³-hybridized carbons (Fsp3) is 0.471. The maximum Gasteiger partial charge on any atom is 0.324 e. The second kappa shape index (κ2) is 5.45. The molecule has 8 heteroatoms. The summed E-state index contributed by atoms with van der Waals surface area (Å²) < 4.78 is 5.34. The van der Waals surface area contributed by atoms with E-state index in [0.717, 1.165) is 0 Å². The van der Waals surface area contributed by atoms with Crippen LogP contribution in [0.25, 0.3) is 0 Å². The van der Waals surface area contributed by atoms with Gasteiger partial charge < -0.3 is 26.4 Å². The lowest BCUT2D eigenvalue weighted by Gasteiger charge is -2.32. The SMILES string of the molecule is COc1ccccc1C1CC(N)(C(=O)O)C2(CC(N)=O)C(C(=O)O)C12. The van der Waals surface area contributed by atoms with Gasteiger partial charge in [-0.15, -0.1) is 0 Å². The lowest BCUT2D eigenvalue weighted by molar-refractivity contribution is -0.148. The van der Waals surface area contributed by atoms with Gasteiger partial charge in [-0.05, 0) is 29.9 Å². The maximum absolute atomic E-state index is 11.9. The van der Waals surface area contributed by atoms with E-state index >= 15 is 0 Å². The Bertz CT molecular complexity index is 765. The van der Waals surface area contributed by atoms with Crippen LogP contribution in [0.1, 0.15) is 24.3 Å². The van der Waals surface area contributed by atoms with Crippen molar-refractivity contribution in [3.8, 4) is 5.75 Å². The van der Waals surface area contributed by atoms with E-state index in [0.29, 0.717) is 11.3 Å². The normalized spacial score (nSPS) is 35.7. The van der Waals surface area contributed by atoms with Gasteiger partial charge in [0, 0.05) is 11.8 Å². The summed E-state index contributed by atoms with van der Waals surface area (Å²) in [6.45, 7) is 0. The fourth-order valence-corrected chi connectivity index (χ4v) is 4.91. The number of nitrogens with two attached hydrogens (primary N) is 2. The fourth-order valence-electron chi connectivity index (χ4n) is 4.91. The van der Waals surface area contributed by atoms with E-state index < -0.39 is 46.6 Å². The summed E-state index contributed by atoms with van der Waals surface area (Å²) in [7, 11) is 1.49. The number of benzene rings is 1. The minimum absolute atomic E-state index is 0.0183. The Morgan fingerprint density at radius 2 is 1.92 bits per heavy atom. The third-order valence-corrected chi connectivity index (χ3v) is 5.86. The van der Waals surface area contributed by atoms with Crippen LogP contribution in [0.4, 0.5) is 0 Å². The number of carboxylic acids is 2. The number of carboxylic acid groups (broad SMARTS) is 2. The van der Waals surface area contributed by atoms with Crippen LogP contribution < -0.4 is 16.2 Å². The summed E-state index contributed by atoms with van der Waals surface area (Å²) in [5, 5.41) is 19.3. The van der Waals surface area contributed by atoms with Crippen molar-refractivity contribution in [3.63, 3.8) is 0 Å². The molecule has 25 heavy (non-hydrogen) atoms. The van der Waals surface area contributed by atoms with Crippen molar-refractivity contribution in [1.82, 2.24) is 0 Å². The Kier molecular flexibility index (Phi) is 3.75. The van der Waals surface area contributed by atoms with Crippen molar-refractivity contribution in [3.05, 3.63) is 29.8 Å². The molecule has 5 atom stereocenters. The first-order valence-corrected chi connectivity index (χ1v) is 7.87. The molecular weight excluding hydrogens is 328 g/mol. The first-order valence-electron chi connectivity index (χ1n) is 7.87. The second-order valence-electron chi connectivity index (χ2n) is 6.85. The van der Waals surface area contributed by atoms with Crippen molar-refractivity contribution in [2.75, 3.05) is 7.11 Å². The predicted molar refractivity (Wildman–Crippen MR) is 85.8 cm³/mol. The Morgan fingerprint density at radius 1 is 1.28 bits per heavy atom. The molecule has 8 nitrogen and oxygen atoms in total. The van der Waals surface area contributed by atoms with E-state index in [1.165, 1.54) is 7.11 Å². The zero-order valence-corrected chi connectivity index (χ0v) is 13.6. The average Bonchev–Trinajstić information content (AvgIpc) is 3.14. The van der Waals surface area contributed by atoms with Gasteiger partial charge in [0.2, 0.25) is 5.91 Å². The molecule has 0 spiro atoms. The van der Waals surface area contributed by atoms with Crippen LogP contribution in [0.5, 0.6) is 5.75 Å². The number of fused-ring (bicyclic) bond motifs is 1. The molecule has 2 aliphatic rings. The molecule has 2 saturated carbocycles. The van der Waals surface area contributed by atoms with Crippen molar-refractivity contribution < 1.29 is 29.3 Å². The summed E-state index contributed by atoms with van der Waals surface area (Å²) in [5.74, 6) is -4.78. The summed E-state index contributed by atoms with van der Waals surface area (Å²) in [6.07, 6.45) is -0.354. The van der Waals surface area contributed by atoms with Crippen molar-refractivity contribution >= 4 is 17.8 Å². The van der Waals surface area contributed by atoms with Crippen LogP contribution in [0.3, 0.4) is 0 Å². The number of hydrogen-bond donors (Lipinski definition) is 4. The van der Waals surface area contributed by atoms with Crippen LogP contribution in [-0.2, 0) is 14.4 Å². The topological polar surface area (TPSA) is 153 Å². The monoisotopic (exact) mass is 348 g/mol. The van der Waals surface area contributed by atoms with Crippen LogP contribution in [-0.4, -0.2) is 40.7 Å². The summed E-state index contributed by atoms with van der Waals surface area (Å²) in [4.78, 5) is 35.3. The molecule has 0 bridgehead atoms. The lowest BCUT2D eigenvalue weighted by Crippen LogP contribution is -2.56. The zero-order valence-electron chi connectivity index (χ0n) is 13.6. The first-order chi connectivity index (χ1) is 11.7. The highest BCUT2D eigenvalue weighted by Crippen LogP contribution is 2.78. The van der Waals surface area contributed by atoms with Crippen molar-refractivity contribution in [2.45, 2.75) is 24.3 Å². The Hall–Kier alpha value is -2.61. The lowest BCUT2D eigenvalue weighted by atomic mass is 9.76. The minimum Gasteiger partial charge on any atom is -0.496 e. The molecule has 134 valence electrons. The van der Waals surface area contributed by atoms with Crippen LogP contribution >= 0.6 is 0 Å². The highest BCUT2D eigenvalue weighted by molar-refractivity contribution is 5.91. The van der Waals surface area contributed by atoms with Gasteiger partial charge in [-0.3, -0.25) is 14.4 Å². The van der Waals surface area contributed by atoms with Crippen LogP contribution in [0.2, 0.25) is 0 Å². The third kappa shape index (κ3) is 2.13. The van der Waals surface area contributed by atoms with E-state index in [1.807, 2.05) is 0 Å². The van der Waals surface area contributed by atoms with E-state index in [1.54, 1.807) is 24.3 Å². The second-order valence-corrected chi connectivity index (χ2v) is 6.85. The Labute approximate surface area is 143 Å². The van der Waals surface area contributed by atoms with Gasteiger partial charge in [0.05, 0.1) is 13.0 Å². The molecule has 0 saturated heterocycles. The average molecular weight is 348 g/mol. The smallest absolute Gasteiger partial charge is 0.324 e. The molecule has 2 fully saturated rings. The Morgan fingerprint density at radius 3 is 2.44 bits per heavy atom. The summed E-state index contributed by atoms with van der Waals surface area (Å²) >= 11 is 0. The van der Waals surface area contributed by atoms with Crippen LogP contribution in [0, 0.1) is 17.3 Å². The number of carbonyl (C=O) groups excluding carboxylic acids is 1. The predicted octanol–water partition coefficient (Wildman–Crippen LogP) is 0.157. The van der Waals surface area contributed by atoms with E-state index in [9.17, 15) is 24.6 Å². The minimum atomic E-state index is -1.85. The maximum atomic E-state index is 11.9. The van der Waals surface area contributed by atoms with Crippen LogP contribution in [0.15, 0.2) is 24.3 Å². The number of amides is 1. The van der Waals surface area contributed by atoms with E-state index in [-0.39, 0.29) is 12.8 Å². The van der Waals surface area contributed by atoms with Gasteiger partial charge in [-0.1, -0.05) is 18.2 Å². The number of primary amides is 1. The molecule has 1 amide bonds. The van der Waals surface area contributed by atoms with Crippen molar-refractivity contribution in [1.29, 1.82) is 0 Å². The van der Waals surface area contributed by atoms with Gasteiger partial charge in [0.25, 0.3) is 0 Å². The molecule has 5 unspecified atom stereocenters. The molecule has 1 aromatic rings. The van der Waals surface area contributed by atoms with Gasteiger partial charge in [-0.25, -0.2) is 0 Å². The van der Waals surface area contributed by atoms with Gasteiger partial charge in [0.15, 0.2) is 0 Å². The molecule has 1 aromatic carbocycles.